The first-order chi connectivity index (χ1) is 12.0. The first kappa shape index (κ1) is 16.1. The fraction of sp³-hybridized carbons (Fsp3) is 0.450. The summed E-state index contributed by atoms with van der Waals surface area (Å²) < 4.78 is 0. The van der Waals surface area contributed by atoms with E-state index in [1.807, 2.05) is 26.0 Å². The van der Waals surface area contributed by atoms with Crippen LogP contribution in [0.4, 0.5) is 17.3 Å². The van der Waals surface area contributed by atoms with Crippen LogP contribution in [0, 0.1) is 13.8 Å². The number of fused-ring (bicyclic) bond motifs is 2. The number of rotatable bonds is 2. The van der Waals surface area contributed by atoms with Gasteiger partial charge in [0.15, 0.2) is 5.78 Å². The van der Waals surface area contributed by atoms with Crippen molar-refractivity contribution in [3.05, 3.63) is 40.7 Å². The van der Waals surface area contributed by atoms with E-state index < -0.39 is 0 Å². The average molecular weight is 336 g/mol. The van der Waals surface area contributed by atoms with E-state index in [4.69, 9.17) is 10.7 Å². The number of nitrogen functional groups attached to an aromatic ring is 1. The number of nitrogens with zero attached hydrogens (tertiary/aromatic N) is 2. The van der Waals surface area contributed by atoms with E-state index in [2.05, 4.69) is 10.3 Å². The minimum absolute atomic E-state index is 0.0422. The van der Waals surface area contributed by atoms with Gasteiger partial charge in [0.05, 0.1) is 5.69 Å². The van der Waals surface area contributed by atoms with Crippen LogP contribution < -0.4 is 11.1 Å². The quantitative estimate of drug-likeness (QED) is 0.858. The topological polar surface area (TPSA) is 80.9 Å². The van der Waals surface area contributed by atoms with Crippen molar-refractivity contribution in [3.63, 3.8) is 0 Å². The van der Waals surface area contributed by atoms with Gasteiger partial charge in [-0.25, -0.2) is 9.97 Å². The molecule has 0 unspecified atom stereocenters. The highest BCUT2D eigenvalue weighted by Gasteiger charge is 2.46. The number of anilines is 3. The Hall–Kier alpha value is -2.43. The molecule has 0 atom stereocenters. The lowest BCUT2D eigenvalue weighted by molar-refractivity contribution is 0.0961. The lowest BCUT2D eigenvalue weighted by Gasteiger charge is -2.33. The van der Waals surface area contributed by atoms with E-state index in [1.165, 1.54) is 19.3 Å². The minimum atomic E-state index is -0.0422. The molecular weight excluding hydrogens is 312 g/mol. The number of ketones is 1. The van der Waals surface area contributed by atoms with Crippen LogP contribution in [-0.4, -0.2) is 15.8 Å². The van der Waals surface area contributed by atoms with Gasteiger partial charge in [-0.1, -0.05) is 19.3 Å². The van der Waals surface area contributed by atoms with Crippen LogP contribution in [-0.2, 0) is 5.41 Å². The minimum Gasteiger partial charge on any atom is -0.383 e. The maximum atomic E-state index is 12.6. The molecule has 0 aliphatic heterocycles. The Morgan fingerprint density at radius 1 is 1.20 bits per heavy atom. The number of nitrogens with one attached hydrogen (secondary N) is 1. The van der Waals surface area contributed by atoms with E-state index >= 15 is 0 Å². The van der Waals surface area contributed by atoms with Crippen molar-refractivity contribution in [2.75, 3.05) is 11.1 Å². The Labute approximate surface area is 148 Å². The second-order valence-corrected chi connectivity index (χ2v) is 7.48. The highest BCUT2D eigenvalue weighted by molar-refractivity contribution is 6.03. The molecule has 1 saturated carbocycles. The molecule has 0 aromatic carbocycles. The summed E-state index contributed by atoms with van der Waals surface area (Å²) >= 11 is 0. The molecule has 2 heterocycles. The Kier molecular flexibility index (Phi) is 3.74. The highest BCUT2D eigenvalue weighted by Crippen LogP contribution is 2.49. The first-order valence-electron chi connectivity index (χ1n) is 9.04. The number of carbonyl (C=O) groups excluding carboxylic acids is 1. The molecule has 0 bridgehead atoms. The number of aryl methyl sites for hydroxylation is 1. The fourth-order valence-electron chi connectivity index (χ4n) is 4.42. The number of pyridine rings is 2. The van der Waals surface area contributed by atoms with Crippen LogP contribution >= 0.6 is 0 Å². The summed E-state index contributed by atoms with van der Waals surface area (Å²) in [6.45, 7) is 3.95. The SMILES string of the molecule is Cc1cc(Nc2ccnc(N)c2C)nc2c1C(=O)CC21CCCCC1. The summed E-state index contributed by atoms with van der Waals surface area (Å²) in [5.74, 6) is 1.56. The highest BCUT2D eigenvalue weighted by atomic mass is 16.1. The molecule has 25 heavy (non-hydrogen) atoms. The molecule has 2 aromatic rings. The summed E-state index contributed by atoms with van der Waals surface area (Å²) in [7, 11) is 0. The van der Waals surface area contributed by atoms with E-state index in [-0.39, 0.29) is 11.2 Å². The number of carbonyl (C=O) groups is 1. The first-order valence-corrected chi connectivity index (χ1v) is 9.04. The molecule has 2 aromatic heterocycles. The molecule has 0 amide bonds. The number of hydrogen-bond donors (Lipinski definition) is 2. The smallest absolute Gasteiger partial charge is 0.165 e. The second kappa shape index (κ2) is 5.83. The Morgan fingerprint density at radius 2 is 1.96 bits per heavy atom. The molecule has 4 rings (SSSR count). The van der Waals surface area contributed by atoms with E-state index in [9.17, 15) is 4.79 Å². The van der Waals surface area contributed by atoms with Crippen LogP contribution in [0.3, 0.4) is 0 Å². The number of hydrogen-bond acceptors (Lipinski definition) is 5. The van der Waals surface area contributed by atoms with Crippen LogP contribution in [0.5, 0.6) is 0 Å². The summed E-state index contributed by atoms with van der Waals surface area (Å²) in [6.07, 6.45) is 8.09. The standard InChI is InChI=1S/C20H24N4O/c1-12-10-16(23-14-6-9-22-19(21)13(14)2)24-18-17(12)15(25)11-20(18)7-4-3-5-8-20/h6,9-10H,3-5,7-8,11H2,1-2H3,(H3,21,22,23,24). The second-order valence-electron chi connectivity index (χ2n) is 7.48. The third kappa shape index (κ3) is 2.58. The van der Waals surface area contributed by atoms with Crippen molar-refractivity contribution in [1.29, 1.82) is 0 Å². The lowest BCUT2D eigenvalue weighted by Crippen LogP contribution is -2.27. The van der Waals surface area contributed by atoms with Gasteiger partial charge in [0.1, 0.15) is 11.6 Å². The van der Waals surface area contributed by atoms with Gasteiger partial charge < -0.3 is 11.1 Å². The zero-order valence-electron chi connectivity index (χ0n) is 14.9. The summed E-state index contributed by atoms with van der Waals surface area (Å²) in [5, 5.41) is 3.38. The molecule has 1 spiro atoms. The molecule has 2 aliphatic rings. The van der Waals surface area contributed by atoms with Gasteiger partial charge in [-0.2, -0.15) is 0 Å². The van der Waals surface area contributed by atoms with Crippen molar-refractivity contribution < 1.29 is 4.79 Å². The summed E-state index contributed by atoms with van der Waals surface area (Å²) in [5.41, 5.74) is 10.6. The van der Waals surface area contributed by atoms with Crippen LogP contribution in [0.15, 0.2) is 18.3 Å². The number of nitrogens with two attached hydrogens (primary N) is 1. The zero-order chi connectivity index (χ0) is 17.6. The Morgan fingerprint density at radius 3 is 2.72 bits per heavy atom. The average Bonchev–Trinajstić information content (AvgIpc) is 2.85. The third-order valence-corrected chi connectivity index (χ3v) is 5.81. The zero-order valence-corrected chi connectivity index (χ0v) is 14.9. The van der Waals surface area contributed by atoms with Crippen molar-refractivity contribution in [3.8, 4) is 0 Å². The van der Waals surface area contributed by atoms with Gasteiger partial charge in [0.25, 0.3) is 0 Å². The predicted octanol–water partition coefficient (Wildman–Crippen LogP) is 4.21. The largest absolute Gasteiger partial charge is 0.383 e. The van der Waals surface area contributed by atoms with Gasteiger partial charge >= 0.3 is 0 Å². The molecule has 2 aliphatic carbocycles. The van der Waals surface area contributed by atoms with Gasteiger partial charge in [-0.15, -0.1) is 0 Å². The third-order valence-electron chi connectivity index (χ3n) is 5.81. The normalized spacial score (nSPS) is 18.4. The Balaban J connectivity index is 1.77. The summed E-state index contributed by atoms with van der Waals surface area (Å²) in [4.78, 5) is 21.7. The van der Waals surface area contributed by atoms with Crippen molar-refractivity contribution in [2.24, 2.45) is 0 Å². The lowest BCUT2D eigenvalue weighted by atomic mass is 9.72. The van der Waals surface area contributed by atoms with E-state index in [0.717, 1.165) is 46.7 Å². The Bertz CT molecular complexity index is 853. The fourth-order valence-corrected chi connectivity index (χ4v) is 4.42. The van der Waals surface area contributed by atoms with Gasteiger partial charge in [-0.05, 0) is 44.4 Å². The van der Waals surface area contributed by atoms with Gasteiger partial charge in [-0.3, -0.25) is 4.79 Å². The van der Waals surface area contributed by atoms with E-state index in [0.29, 0.717) is 12.2 Å². The number of Topliss-reactive ketones (excluding diaryl/α,β-unsaturated/α-hetero) is 1. The molecule has 5 nitrogen and oxygen atoms in total. The van der Waals surface area contributed by atoms with Crippen molar-refractivity contribution in [1.82, 2.24) is 9.97 Å². The maximum Gasteiger partial charge on any atom is 0.165 e. The molecular formula is C20H24N4O. The van der Waals surface area contributed by atoms with Crippen molar-refractivity contribution in [2.45, 2.75) is 57.8 Å². The predicted molar refractivity (Wildman–Crippen MR) is 99.4 cm³/mol. The van der Waals surface area contributed by atoms with Gasteiger partial charge in [0, 0.05) is 34.8 Å². The van der Waals surface area contributed by atoms with Crippen LogP contribution in [0.1, 0.15) is 65.7 Å². The van der Waals surface area contributed by atoms with E-state index in [1.54, 1.807) is 6.20 Å². The van der Waals surface area contributed by atoms with Gasteiger partial charge in [0.2, 0.25) is 0 Å². The monoisotopic (exact) mass is 336 g/mol. The molecule has 3 N–H and O–H groups in total. The molecule has 0 saturated heterocycles. The number of aromatic nitrogens is 2. The summed E-state index contributed by atoms with van der Waals surface area (Å²) in [6, 6.07) is 3.87. The maximum absolute atomic E-state index is 12.6. The molecule has 1 fully saturated rings. The van der Waals surface area contributed by atoms with Crippen molar-refractivity contribution >= 4 is 23.1 Å². The molecule has 0 radical (unpaired) electrons. The van der Waals surface area contributed by atoms with Crippen LogP contribution in [0.25, 0.3) is 0 Å². The molecule has 130 valence electrons. The van der Waals surface area contributed by atoms with Crippen LogP contribution in [0.2, 0.25) is 0 Å². The molecule has 5 heteroatoms.